The number of fused-ring (bicyclic) bond motifs is 2. The molecule has 1 fully saturated rings. The van der Waals surface area contributed by atoms with E-state index >= 15 is 0 Å². The molecule has 1 saturated carbocycles. The first kappa shape index (κ1) is 13.6. The Labute approximate surface area is 120 Å². The van der Waals surface area contributed by atoms with Crippen molar-refractivity contribution in [3.63, 3.8) is 0 Å². The molecule has 4 heteroatoms. The molecule has 1 aliphatic carbocycles. The monoisotopic (exact) mass is 277 g/mol. The van der Waals surface area contributed by atoms with Crippen LogP contribution in [0.3, 0.4) is 0 Å². The lowest BCUT2D eigenvalue weighted by atomic mass is 9.73. The summed E-state index contributed by atoms with van der Waals surface area (Å²) in [6, 6.07) is 1.98. The van der Waals surface area contributed by atoms with Crippen molar-refractivity contribution in [2.75, 3.05) is 27.9 Å². The zero-order chi connectivity index (χ0) is 14.2. The molecule has 0 saturated heterocycles. The Hall–Kier alpha value is -1.42. The molecule has 2 aliphatic rings. The van der Waals surface area contributed by atoms with Crippen molar-refractivity contribution >= 4 is 0 Å². The summed E-state index contributed by atoms with van der Waals surface area (Å²) >= 11 is 0. The van der Waals surface area contributed by atoms with Crippen molar-refractivity contribution < 1.29 is 14.2 Å². The first-order valence-electron chi connectivity index (χ1n) is 7.29. The molecule has 0 bridgehead atoms. The van der Waals surface area contributed by atoms with E-state index in [0.29, 0.717) is 0 Å². The van der Waals surface area contributed by atoms with E-state index < -0.39 is 0 Å². The largest absolute Gasteiger partial charge is 0.496 e. The van der Waals surface area contributed by atoms with Crippen molar-refractivity contribution in [1.29, 1.82) is 0 Å². The fourth-order valence-electron chi connectivity index (χ4n) is 3.95. The fourth-order valence-corrected chi connectivity index (χ4v) is 3.95. The van der Waals surface area contributed by atoms with E-state index in [0.717, 1.165) is 30.3 Å². The second-order valence-electron chi connectivity index (χ2n) is 5.76. The van der Waals surface area contributed by atoms with Gasteiger partial charge in [0.15, 0.2) is 11.5 Å². The van der Waals surface area contributed by atoms with Crippen LogP contribution in [0.5, 0.6) is 17.2 Å². The van der Waals surface area contributed by atoms with Crippen LogP contribution in [-0.2, 0) is 12.0 Å². The number of hydrogen-bond acceptors (Lipinski definition) is 4. The molecule has 0 radical (unpaired) electrons. The second-order valence-corrected chi connectivity index (χ2v) is 5.76. The van der Waals surface area contributed by atoms with Crippen molar-refractivity contribution in [1.82, 2.24) is 5.32 Å². The Morgan fingerprint density at radius 2 is 1.70 bits per heavy atom. The summed E-state index contributed by atoms with van der Waals surface area (Å²) in [7, 11) is 5.12. The standard InChI is InChI=1S/C16H23NO3/c1-18-12-8-13(19-2)15(20-3)11-9-17-10-16(14(11)12)6-4-5-7-16/h8,17H,4-7,9-10H2,1-3H3. The molecule has 1 heterocycles. The molecule has 0 atom stereocenters. The molecule has 1 N–H and O–H groups in total. The molecular formula is C16H23NO3. The SMILES string of the molecule is COc1cc(OC)c2c(c1OC)CNCC21CCCC1. The van der Waals surface area contributed by atoms with Gasteiger partial charge in [-0.25, -0.2) is 0 Å². The van der Waals surface area contributed by atoms with Crippen LogP contribution in [0.1, 0.15) is 36.8 Å². The van der Waals surface area contributed by atoms with Crippen LogP contribution in [0.15, 0.2) is 6.07 Å². The van der Waals surface area contributed by atoms with Gasteiger partial charge in [-0.05, 0) is 12.8 Å². The lowest BCUT2D eigenvalue weighted by molar-refractivity contribution is 0.313. The number of ether oxygens (including phenoxy) is 3. The molecule has 20 heavy (non-hydrogen) atoms. The van der Waals surface area contributed by atoms with Gasteiger partial charge < -0.3 is 19.5 Å². The third-order valence-electron chi connectivity index (χ3n) is 4.81. The second kappa shape index (κ2) is 5.17. The lowest BCUT2D eigenvalue weighted by Gasteiger charge is -2.38. The maximum atomic E-state index is 5.68. The molecule has 1 aromatic carbocycles. The molecule has 1 aliphatic heterocycles. The Kier molecular flexibility index (Phi) is 3.50. The van der Waals surface area contributed by atoms with Gasteiger partial charge in [0.25, 0.3) is 0 Å². The smallest absolute Gasteiger partial charge is 0.165 e. The minimum Gasteiger partial charge on any atom is -0.496 e. The van der Waals surface area contributed by atoms with Gasteiger partial charge in [0.1, 0.15) is 5.75 Å². The average molecular weight is 277 g/mol. The summed E-state index contributed by atoms with van der Waals surface area (Å²) in [6.45, 7) is 1.85. The zero-order valence-electron chi connectivity index (χ0n) is 12.5. The molecule has 1 aromatic rings. The summed E-state index contributed by atoms with van der Waals surface area (Å²) in [5, 5.41) is 3.56. The van der Waals surface area contributed by atoms with Gasteiger partial charge in [-0.15, -0.1) is 0 Å². The number of hydrogen-bond donors (Lipinski definition) is 1. The summed E-state index contributed by atoms with van der Waals surface area (Å²) in [6.07, 6.45) is 5.02. The number of benzene rings is 1. The topological polar surface area (TPSA) is 39.7 Å². The van der Waals surface area contributed by atoms with Gasteiger partial charge in [0, 0.05) is 35.7 Å². The Bertz CT molecular complexity index is 507. The predicted molar refractivity (Wildman–Crippen MR) is 78.0 cm³/mol. The first-order chi connectivity index (χ1) is 9.75. The maximum absolute atomic E-state index is 5.68. The Balaban J connectivity index is 2.24. The van der Waals surface area contributed by atoms with E-state index in [4.69, 9.17) is 14.2 Å². The average Bonchev–Trinajstić information content (AvgIpc) is 2.94. The third kappa shape index (κ3) is 1.85. The summed E-state index contributed by atoms with van der Waals surface area (Å²) in [5.41, 5.74) is 2.75. The van der Waals surface area contributed by atoms with Crippen molar-refractivity contribution in [2.45, 2.75) is 37.6 Å². The third-order valence-corrected chi connectivity index (χ3v) is 4.81. The molecule has 110 valence electrons. The van der Waals surface area contributed by atoms with E-state index in [1.807, 2.05) is 6.07 Å². The van der Waals surface area contributed by atoms with Crippen LogP contribution in [0, 0.1) is 0 Å². The van der Waals surface area contributed by atoms with E-state index in [2.05, 4.69) is 5.32 Å². The highest BCUT2D eigenvalue weighted by Crippen LogP contribution is 2.52. The summed E-state index contributed by atoms with van der Waals surface area (Å²) < 4.78 is 16.8. The van der Waals surface area contributed by atoms with Gasteiger partial charge in [0.05, 0.1) is 21.3 Å². The minimum atomic E-state index is 0.207. The van der Waals surface area contributed by atoms with Crippen LogP contribution < -0.4 is 19.5 Å². The van der Waals surface area contributed by atoms with E-state index in [9.17, 15) is 0 Å². The van der Waals surface area contributed by atoms with Gasteiger partial charge in [-0.2, -0.15) is 0 Å². The Morgan fingerprint density at radius 3 is 2.30 bits per heavy atom. The van der Waals surface area contributed by atoms with E-state index in [-0.39, 0.29) is 5.41 Å². The summed E-state index contributed by atoms with van der Waals surface area (Å²) in [4.78, 5) is 0. The normalized spacial score (nSPS) is 19.8. The molecule has 0 aromatic heterocycles. The van der Waals surface area contributed by atoms with Crippen LogP contribution in [0.25, 0.3) is 0 Å². The quantitative estimate of drug-likeness (QED) is 0.922. The highest BCUT2D eigenvalue weighted by atomic mass is 16.5. The van der Waals surface area contributed by atoms with E-state index in [1.54, 1.807) is 21.3 Å². The lowest BCUT2D eigenvalue weighted by Crippen LogP contribution is -2.41. The number of nitrogens with one attached hydrogen (secondary N) is 1. The molecule has 0 amide bonds. The molecular weight excluding hydrogens is 254 g/mol. The zero-order valence-corrected chi connectivity index (χ0v) is 12.5. The molecule has 4 nitrogen and oxygen atoms in total. The predicted octanol–water partition coefficient (Wildman–Crippen LogP) is 2.63. The Morgan fingerprint density at radius 1 is 1.00 bits per heavy atom. The fraction of sp³-hybridized carbons (Fsp3) is 0.625. The molecule has 3 rings (SSSR count). The van der Waals surface area contributed by atoms with Crippen molar-refractivity contribution in [3.8, 4) is 17.2 Å². The maximum Gasteiger partial charge on any atom is 0.165 e. The van der Waals surface area contributed by atoms with Crippen LogP contribution in [0.2, 0.25) is 0 Å². The van der Waals surface area contributed by atoms with Crippen LogP contribution >= 0.6 is 0 Å². The highest BCUT2D eigenvalue weighted by Gasteiger charge is 2.43. The number of methoxy groups -OCH3 is 3. The minimum absolute atomic E-state index is 0.207. The van der Waals surface area contributed by atoms with Gasteiger partial charge in [-0.1, -0.05) is 12.8 Å². The van der Waals surface area contributed by atoms with Crippen LogP contribution in [0.4, 0.5) is 0 Å². The summed E-state index contributed by atoms with van der Waals surface area (Å²) in [5.74, 6) is 2.54. The van der Waals surface area contributed by atoms with Crippen LogP contribution in [-0.4, -0.2) is 27.9 Å². The van der Waals surface area contributed by atoms with Crippen molar-refractivity contribution in [2.24, 2.45) is 0 Å². The molecule has 0 unspecified atom stereocenters. The number of rotatable bonds is 3. The van der Waals surface area contributed by atoms with Gasteiger partial charge >= 0.3 is 0 Å². The first-order valence-corrected chi connectivity index (χ1v) is 7.29. The highest BCUT2D eigenvalue weighted by molar-refractivity contribution is 5.61. The molecule has 1 spiro atoms. The van der Waals surface area contributed by atoms with Gasteiger partial charge in [0.2, 0.25) is 0 Å². The van der Waals surface area contributed by atoms with E-state index in [1.165, 1.54) is 36.8 Å². The van der Waals surface area contributed by atoms with Gasteiger partial charge in [-0.3, -0.25) is 0 Å². The van der Waals surface area contributed by atoms with Crippen molar-refractivity contribution in [3.05, 3.63) is 17.2 Å².